The van der Waals surface area contributed by atoms with Gasteiger partial charge < -0.3 is 4.74 Å². The summed E-state index contributed by atoms with van der Waals surface area (Å²) in [6, 6.07) is 23.2. The molecule has 30 heavy (non-hydrogen) atoms. The van der Waals surface area contributed by atoms with E-state index >= 15 is 0 Å². The van der Waals surface area contributed by atoms with Gasteiger partial charge in [0.25, 0.3) is 0 Å². The van der Waals surface area contributed by atoms with Crippen molar-refractivity contribution in [3.63, 3.8) is 0 Å². The molecule has 4 nitrogen and oxygen atoms in total. The summed E-state index contributed by atoms with van der Waals surface area (Å²) in [7, 11) is 0. The molecule has 1 aromatic heterocycles. The summed E-state index contributed by atoms with van der Waals surface area (Å²) in [5.74, 6) is 0.789. The van der Waals surface area contributed by atoms with Gasteiger partial charge in [0.05, 0.1) is 16.9 Å². The van der Waals surface area contributed by atoms with Gasteiger partial charge in [-0.3, -0.25) is 5.43 Å². The lowest BCUT2D eigenvalue weighted by Gasteiger charge is -2.06. The zero-order valence-electron chi connectivity index (χ0n) is 15.8. The highest BCUT2D eigenvalue weighted by atomic mass is 35.5. The Labute approximate surface area is 188 Å². The number of benzene rings is 3. The molecular weight excluding hydrogens is 437 g/mol. The highest BCUT2D eigenvalue weighted by Gasteiger charge is 2.08. The van der Waals surface area contributed by atoms with Crippen molar-refractivity contribution in [3.05, 3.63) is 99.3 Å². The molecule has 1 N–H and O–H groups in total. The van der Waals surface area contributed by atoms with Gasteiger partial charge in [0.2, 0.25) is 5.13 Å². The van der Waals surface area contributed by atoms with Crippen molar-refractivity contribution >= 4 is 45.9 Å². The molecule has 0 saturated carbocycles. The monoisotopic (exact) mass is 453 g/mol. The van der Waals surface area contributed by atoms with Crippen molar-refractivity contribution in [2.75, 3.05) is 5.43 Å². The molecule has 7 heteroatoms. The molecule has 0 spiro atoms. The molecule has 4 aromatic rings. The first-order chi connectivity index (χ1) is 14.7. The molecule has 0 atom stereocenters. The Hall–Kier alpha value is -2.86. The van der Waals surface area contributed by atoms with Gasteiger partial charge in [-0.1, -0.05) is 65.7 Å². The average Bonchev–Trinajstić information content (AvgIpc) is 3.22. The highest BCUT2D eigenvalue weighted by molar-refractivity contribution is 7.14. The predicted molar refractivity (Wildman–Crippen MR) is 126 cm³/mol. The van der Waals surface area contributed by atoms with E-state index in [1.807, 2.05) is 66.0 Å². The Balaban J connectivity index is 1.37. The predicted octanol–water partition coefficient (Wildman–Crippen LogP) is 7.14. The summed E-state index contributed by atoms with van der Waals surface area (Å²) >= 11 is 13.7. The van der Waals surface area contributed by atoms with Crippen molar-refractivity contribution in [1.82, 2.24) is 4.98 Å². The lowest BCUT2D eigenvalue weighted by atomic mass is 10.2. The first-order valence-corrected chi connectivity index (χ1v) is 10.8. The second-order valence-corrected chi connectivity index (χ2v) is 8.08. The lowest BCUT2D eigenvalue weighted by molar-refractivity contribution is 0.306. The van der Waals surface area contributed by atoms with E-state index in [0.29, 0.717) is 21.8 Å². The number of ether oxygens (including phenoxy) is 1. The molecule has 3 aromatic carbocycles. The SMILES string of the molecule is Clc1ccc(-c2csc(NN=Cc3cccc(OCc4ccccc4)c3)n2)c(Cl)c1. The van der Waals surface area contributed by atoms with E-state index in [-0.39, 0.29) is 0 Å². The van der Waals surface area contributed by atoms with Gasteiger partial charge in [-0.15, -0.1) is 11.3 Å². The average molecular weight is 454 g/mol. The Morgan fingerprint density at radius 3 is 2.70 bits per heavy atom. The lowest BCUT2D eigenvalue weighted by Crippen LogP contribution is -1.96. The molecular formula is C23H17Cl2N3OS. The maximum absolute atomic E-state index is 6.26. The number of nitrogens with zero attached hydrogens (tertiary/aromatic N) is 2. The maximum Gasteiger partial charge on any atom is 0.203 e. The van der Waals surface area contributed by atoms with Crippen LogP contribution in [0, 0.1) is 0 Å². The number of nitrogens with one attached hydrogen (secondary N) is 1. The number of hydrogen-bond acceptors (Lipinski definition) is 5. The second kappa shape index (κ2) is 9.76. The normalized spacial score (nSPS) is 11.0. The first kappa shape index (κ1) is 20.4. The van der Waals surface area contributed by atoms with Gasteiger partial charge in [0.1, 0.15) is 12.4 Å². The number of hydrazone groups is 1. The Morgan fingerprint density at radius 2 is 1.87 bits per heavy atom. The van der Waals surface area contributed by atoms with Crippen LogP contribution < -0.4 is 10.2 Å². The van der Waals surface area contributed by atoms with Crippen LogP contribution in [0.1, 0.15) is 11.1 Å². The Kier molecular flexibility index (Phi) is 6.64. The third-order valence-corrected chi connectivity index (χ3v) is 5.49. The summed E-state index contributed by atoms with van der Waals surface area (Å²) in [4.78, 5) is 4.52. The summed E-state index contributed by atoms with van der Waals surface area (Å²) in [6.07, 6.45) is 1.73. The molecule has 0 radical (unpaired) electrons. The van der Waals surface area contributed by atoms with Crippen molar-refractivity contribution in [2.24, 2.45) is 5.10 Å². The number of thiazole rings is 1. The third kappa shape index (κ3) is 5.39. The molecule has 0 aliphatic rings. The summed E-state index contributed by atoms with van der Waals surface area (Å²) in [6.45, 7) is 0.523. The molecule has 1 heterocycles. The third-order valence-electron chi connectivity index (χ3n) is 4.19. The number of halogens is 2. The number of hydrogen-bond donors (Lipinski definition) is 1. The summed E-state index contributed by atoms with van der Waals surface area (Å²) in [5, 5.41) is 8.03. The fourth-order valence-corrected chi connectivity index (χ4v) is 3.90. The Morgan fingerprint density at radius 1 is 1.00 bits per heavy atom. The molecule has 0 unspecified atom stereocenters. The number of rotatable bonds is 7. The zero-order chi connectivity index (χ0) is 20.8. The molecule has 150 valence electrons. The van der Waals surface area contributed by atoms with E-state index < -0.39 is 0 Å². The van der Waals surface area contributed by atoms with E-state index in [0.717, 1.165) is 28.1 Å². The van der Waals surface area contributed by atoms with Crippen LogP contribution in [0.3, 0.4) is 0 Å². The minimum atomic E-state index is 0.523. The topological polar surface area (TPSA) is 46.5 Å². The minimum Gasteiger partial charge on any atom is -0.489 e. The van der Waals surface area contributed by atoms with Crippen LogP contribution in [-0.2, 0) is 6.61 Å². The molecule has 0 aliphatic carbocycles. The van der Waals surface area contributed by atoms with Crippen LogP contribution in [0.5, 0.6) is 5.75 Å². The van der Waals surface area contributed by atoms with Crippen LogP contribution in [-0.4, -0.2) is 11.2 Å². The second-order valence-electron chi connectivity index (χ2n) is 6.38. The van der Waals surface area contributed by atoms with Crippen LogP contribution in [0.15, 0.2) is 83.3 Å². The van der Waals surface area contributed by atoms with Crippen molar-refractivity contribution in [3.8, 4) is 17.0 Å². The number of aromatic nitrogens is 1. The van der Waals surface area contributed by atoms with Crippen molar-refractivity contribution in [1.29, 1.82) is 0 Å². The molecule has 4 rings (SSSR count). The van der Waals surface area contributed by atoms with Crippen LogP contribution in [0.4, 0.5) is 5.13 Å². The largest absolute Gasteiger partial charge is 0.489 e. The van der Waals surface area contributed by atoms with Crippen LogP contribution >= 0.6 is 34.5 Å². The maximum atomic E-state index is 6.26. The van der Waals surface area contributed by atoms with E-state index in [9.17, 15) is 0 Å². The van der Waals surface area contributed by atoms with Gasteiger partial charge in [0.15, 0.2) is 0 Å². The summed E-state index contributed by atoms with van der Waals surface area (Å²) < 4.78 is 5.85. The van der Waals surface area contributed by atoms with Crippen molar-refractivity contribution in [2.45, 2.75) is 6.61 Å². The van der Waals surface area contributed by atoms with Crippen LogP contribution in [0.25, 0.3) is 11.3 Å². The number of anilines is 1. The minimum absolute atomic E-state index is 0.523. The quantitative estimate of drug-likeness (QED) is 0.238. The highest BCUT2D eigenvalue weighted by Crippen LogP contribution is 2.32. The fraction of sp³-hybridized carbons (Fsp3) is 0.0435. The molecule has 0 aliphatic heterocycles. The van der Waals surface area contributed by atoms with E-state index in [1.54, 1.807) is 18.3 Å². The molecule has 0 fully saturated rings. The van der Waals surface area contributed by atoms with E-state index in [4.69, 9.17) is 27.9 Å². The van der Waals surface area contributed by atoms with E-state index in [1.165, 1.54) is 11.3 Å². The van der Waals surface area contributed by atoms with Gasteiger partial charge in [0, 0.05) is 16.0 Å². The summed E-state index contributed by atoms with van der Waals surface area (Å²) in [5.41, 5.74) is 6.61. The molecule has 0 saturated heterocycles. The zero-order valence-corrected chi connectivity index (χ0v) is 18.1. The molecule has 0 amide bonds. The first-order valence-electron chi connectivity index (χ1n) is 9.14. The van der Waals surface area contributed by atoms with E-state index in [2.05, 4.69) is 15.5 Å². The Bertz CT molecular complexity index is 1160. The van der Waals surface area contributed by atoms with Gasteiger partial charge in [-0.25, -0.2) is 4.98 Å². The smallest absolute Gasteiger partial charge is 0.203 e. The van der Waals surface area contributed by atoms with Gasteiger partial charge >= 0.3 is 0 Å². The van der Waals surface area contributed by atoms with Gasteiger partial charge in [-0.2, -0.15) is 5.10 Å². The molecule has 0 bridgehead atoms. The van der Waals surface area contributed by atoms with Crippen LogP contribution in [0.2, 0.25) is 10.0 Å². The van der Waals surface area contributed by atoms with Crippen molar-refractivity contribution < 1.29 is 4.74 Å². The van der Waals surface area contributed by atoms with Gasteiger partial charge in [-0.05, 0) is 41.5 Å². The fourth-order valence-electron chi connectivity index (χ4n) is 2.73. The standard InChI is InChI=1S/C23H17Cl2N3OS/c24-18-9-10-20(21(25)12-18)22-15-30-23(27-22)28-26-13-17-7-4-8-19(11-17)29-14-16-5-2-1-3-6-16/h1-13,15H,14H2,(H,27,28).